The van der Waals surface area contributed by atoms with Crippen LogP contribution >= 0.6 is 34.9 Å². The summed E-state index contributed by atoms with van der Waals surface area (Å²) in [6, 6.07) is 12.5. The summed E-state index contributed by atoms with van der Waals surface area (Å²) < 4.78 is 0. The predicted molar refractivity (Wildman–Crippen MR) is 90.6 cm³/mol. The average Bonchev–Trinajstić information content (AvgIpc) is 2.99. The van der Waals surface area contributed by atoms with Crippen LogP contribution in [0.5, 0.6) is 0 Å². The molecule has 1 N–H and O–H groups in total. The molecule has 106 valence electrons. The van der Waals surface area contributed by atoms with E-state index >= 15 is 0 Å². The summed E-state index contributed by atoms with van der Waals surface area (Å²) in [7, 11) is 0. The molecule has 1 aromatic heterocycles. The number of thiophene rings is 1. The minimum atomic E-state index is 0.101. The number of amides is 1. The van der Waals surface area contributed by atoms with Crippen LogP contribution in [0, 0.1) is 0 Å². The molecule has 0 saturated heterocycles. The van der Waals surface area contributed by atoms with Gasteiger partial charge < -0.3 is 5.32 Å². The van der Waals surface area contributed by atoms with Crippen LogP contribution in [0.25, 0.3) is 0 Å². The van der Waals surface area contributed by atoms with Crippen LogP contribution in [0.3, 0.4) is 0 Å². The Morgan fingerprint density at radius 3 is 2.70 bits per heavy atom. The predicted octanol–water partition coefficient (Wildman–Crippen LogP) is 4.02. The molecule has 0 fully saturated rings. The third-order valence-corrected chi connectivity index (χ3v) is 5.32. The van der Waals surface area contributed by atoms with E-state index in [9.17, 15) is 4.79 Å². The minimum Gasteiger partial charge on any atom is -0.350 e. The van der Waals surface area contributed by atoms with E-state index in [1.54, 1.807) is 34.9 Å². The van der Waals surface area contributed by atoms with Crippen LogP contribution in [-0.2, 0) is 17.1 Å². The van der Waals surface area contributed by atoms with Gasteiger partial charge >= 0.3 is 0 Å². The third kappa shape index (κ3) is 5.23. The molecule has 5 heteroatoms. The lowest BCUT2D eigenvalue weighted by molar-refractivity contribution is -0.118. The van der Waals surface area contributed by atoms with E-state index in [0.29, 0.717) is 12.3 Å². The van der Waals surface area contributed by atoms with E-state index in [1.807, 2.05) is 17.5 Å². The summed E-state index contributed by atoms with van der Waals surface area (Å²) >= 11 is 5.06. The van der Waals surface area contributed by atoms with Crippen molar-refractivity contribution in [2.45, 2.75) is 17.2 Å². The zero-order valence-electron chi connectivity index (χ0n) is 11.3. The van der Waals surface area contributed by atoms with E-state index in [2.05, 4.69) is 35.8 Å². The zero-order valence-corrected chi connectivity index (χ0v) is 13.7. The van der Waals surface area contributed by atoms with Crippen molar-refractivity contribution in [3.63, 3.8) is 0 Å². The Bertz CT molecular complexity index is 523. The molecule has 0 saturated carbocycles. The molecular formula is C15H17NOS3. The van der Waals surface area contributed by atoms with Crippen LogP contribution in [0.4, 0.5) is 0 Å². The normalized spacial score (nSPS) is 10.4. The van der Waals surface area contributed by atoms with Crippen molar-refractivity contribution in [3.8, 4) is 0 Å². The monoisotopic (exact) mass is 323 g/mol. The van der Waals surface area contributed by atoms with Gasteiger partial charge in [0.15, 0.2) is 0 Å². The second-order valence-corrected chi connectivity index (χ2v) is 7.09. The SMILES string of the molecule is CSc1ccc(CSCC(=O)NCc2cccs2)cc1. The maximum Gasteiger partial charge on any atom is 0.230 e. The van der Waals surface area contributed by atoms with Crippen LogP contribution in [-0.4, -0.2) is 17.9 Å². The Labute approximate surface area is 132 Å². The first-order chi connectivity index (χ1) is 9.78. The van der Waals surface area contributed by atoms with Gasteiger partial charge in [0, 0.05) is 15.5 Å². The summed E-state index contributed by atoms with van der Waals surface area (Å²) in [4.78, 5) is 14.2. The van der Waals surface area contributed by atoms with E-state index < -0.39 is 0 Å². The number of carbonyl (C=O) groups is 1. The van der Waals surface area contributed by atoms with Crippen LogP contribution in [0.2, 0.25) is 0 Å². The molecule has 0 bridgehead atoms. The largest absolute Gasteiger partial charge is 0.350 e. The van der Waals surface area contributed by atoms with Gasteiger partial charge in [0.25, 0.3) is 0 Å². The first-order valence-corrected chi connectivity index (χ1v) is 9.53. The maximum atomic E-state index is 11.7. The van der Waals surface area contributed by atoms with Crippen molar-refractivity contribution in [3.05, 3.63) is 52.2 Å². The Kier molecular flexibility index (Phi) is 6.50. The number of nitrogens with one attached hydrogen (secondary N) is 1. The van der Waals surface area contributed by atoms with Gasteiger partial charge in [-0.2, -0.15) is 0 Å². The number of hydrogen-bond acceptors (Lipinski definition) is 4. The summed E-state index contributed by atoms with van der Waals surface area (Å²) in [5.41, 5.74) is 1.26. The molecule has 0 aliphatic carbocycles. The highest BCUT2D eigenvalue weighted by atomic mass is 32.2. The second kappa shape index (κ2) is 8.39. The molecule has 0 radical (unpaired) electrons. The highest BCUT2D eigenvalue weighted by Gasteiger charge is 2.02. The van der Waals surface area contributed by atoms with E-state index in [-0.39, 0.29) is 5.91 Å². The summed E-state index contributed by atoms with van der Waals surface area (Å²) in [5, 5.41) is 4.96. The first kappa shape index (κ1) is 15.5. The number of rotatable bonds is 7. The molecule has 0 aliphatic rings. The zero-order chi connectivity index (χ0) is 14.2. The molecule has 0 aliphatic heterocycles. The van der Waals surface area contributed by atoms with Gasteiger partial charge in [-0.3, -0.25) is 4.79 Å². The lowest BCUT2D eigenvalue weighted by Crippen LogP contribution is -2.24. The fourth-order valence-electron chi connectivity index (χ4n) is 1.63. The molecule has 1 heterocycles. The van der Waals surface area contributed by atoms with Gasteiger partial charge in [0.05, 0.1) is 12.3 Å². The smallest absolute Gasteiger partial charge is 0.230 e. The van der Waals surface area contributed by atoms with Gasteiger partial charge in [-0.1, -0.05) is 18.2 Å². The van der Waals surface area contributed by atoms with Gasteiger partial charge in [0.1, 0.15) is 0 Å². The lowest BCUT2D eigenvalue weighted by atomic mass is 10.2. The van der Waals surface area contributed by atoms with Crippen molar-refractivity contribution >= 4 is 40.8 Å². The average molecular weight is 324 g/mol. The Balaban J connectivity index is 1.65. The highest BCUT2D eigenvalue weighted by molar-refractivity contribution is 7.99. The van der Waals surface area contributed by atoms with E-state index in [0.717, 1.165) is 5.75 Å². The molecule has 2 rings (SSSR count). The molecule has 0 atom stereocenters. The summed E-state index contributed by atoms with van der Waals surface area (Å²) in [6.07, 6.45) is 2.07. The van der Waals surface area contributed by atoms with Gasteiger partial charge in [-0.05, 0) is 35.4 Å². The minimum absolute atomic E-state index is 0.101. The molecule has 1 aromatic carbocycles. The topological polar surface area (TPSA) is 29.1 Å². The number of thioether (sulfide) groups is 2. The fraction of sp³-hybridized carbons (Fsp3) is 0.267. The van der Waals surface area contributed by atoms with Crippen molar-refractivity contribution in [2.24, 2.45) is 0 Å². The first-order valence-electron chi connectivity index (χ1n) is 6.27. The Hall–Kier alpha value is -0.910. The number of benzene rings is 1. The van der Waals surface area contributed by atoms with Gasteiger partial charge in [0.2, 0.25) is 5.91 Å². The summed E-state index contributed by atoms with van der Waals surface area (Å²) in [5.74, 6) is 1.49. The Morgan fingerprint density at radius 2 is 2.05 bits per heavy atom. The molecule has 20 heavy (non-hydrogen) atoms. The van der Waals surface area contributed by atoms with Crippen LogP contribution < -0.4 is 5.32 Å². The maximum absolute atomic E-state index is 11.7. The lowest BCUT2D eigenvalue weighted by Gasteiger charge is -2.04. The molecule has 1 amide bonds. The van der Waals surface area contributed by atoms with Crippen LogP contribution in [0.15, 0.2) is 46.7 Å². The fourth-order valence-corrected chi connectivity index (χ4v) is 3.50. The van der Waals surface area contributed by atoms with Crippen LogP contribution in [0.1, 0.15) is 10.4 Å². The van der Waals surface area contributed by atoms with Gasteiger partial charge in [-0.25, -0.2) is 0 Å². The second-order valence-electron chi connectivity index (χ2n) is 4.20. The van der Waals surface area contributed by atoms with Crippen molar-refractivity contribution < 1.29 is 4.79 Å². The molecule has 2 nitrogen and oxygen atoms in total. The quantitative estimate of drug-likeness (QED) is 0.780. The molecule has 0 spiro atoms. The van der Waals surface area contributed by atoms with Gasteiger partial charge in [-0.15, -0.1) is 34.9 Å². The standard InChI is InChI=1S/C15H17NOS3/c1-18-13-6-4-12(5-7-13)10-19-11-15(17)16-9-14-3-2-8-20-14/h2-8H,9-11H2,1H3,(H,16,17). The molecule has 0 unspecified atom stereocenters. The third-order valence-electron chi connectivity index (χ3n) is 2.70. The van der Waals surface area contributed by atoms with Crippen molar-refractivity contribution in [2.75, 3.05) is 12.0 Å². The van der Waals surface area contributed by atoms with E-state index in [1.165, 1.54) is 15.3 Å². The number of carbonyl (C=O) groups excluding carboxylic acids is 1. The summed E-state index contributed by atoms with van der Waals surface area (Å²) in [6.45, 7) is 0.638. The van der Waals surface area contributed by atoms with Crippen molar-refractivity contribution in [1.82, 2.24) is 5.32 Å². The Morgan fingerprint density at radius 1 is 1.25 bits per heavy atom. The molecular weight excluding hydrogens is 306 g/mol. The molecule has 2 aromatic rings. The number of hydrogen-bond donors (Lipinski definition) is 1. The van der Waals surface area contributed by atoms with E-state index in [4.69, 9.17) is 0 Å². The highest BCUT2D eigenvalue weighted by Crippen LogP contribution is 2.18. The van der Waals surface area contributed by atoms with Crippen molar-refractivity contribution in [1.29, 1.82) is 0 Å².